The van der Waals surface area contributed by atoms with Crippen LogP contribution < -0.4 is 4.74 Å². The fourth-order valence-corrected chi connectivity index (χ4v) is 4.80. The first-order chi connectivity index (χ1) is 15.9. The van der Waals surface area contributed by atoms with Crippen LogP contribution >= 0.6 is 0 Å². The Bertz CT molecular complexity index is 1390. The van der Waals surface area contributed by atoms with Gasteiger partial charge in [-0.05, 0) is 48.5 Å². The molecule has 0 amide bonds. The van der Waals surface area contributed by atoms with Gasteiger partial charge >= 0.3 is 0 Å². The number of methoxy groups -OCH3 is 1. The Morgan fingerprint density at radius 1 is 1.03 bits per heavy atom. The van der Waals surface area contributed by atoms with Gasteiger partial charge in [0, 0.05) is 23.7 Å². The van der Waals surface area contributed by atoms with Crippen LogP contribution in [0.3, 0.4) is 0 Å². The van der Waals surface area contributed by atoms with Crippen LogP contribution in [0.15, 0.2) is 88.7 Å². The normalized spacial score (nSPS) is 16.1. The zero-order valence-electron chi connectivity index (χ0n) is 18.1. The number of furan rings is 1. The molecule has 168 valence electrons. The minimum atomic E-state index is -3.61. The Morgan fingerprint density at radius 2 is 1.79 bits per heavy atom. The maximum atomic E-state index is 12.5. The molecule has 1 aliphatic rings. The van der Waals surface area contributed by atoms with Crippen molar-refractivity contribution in [2.24, 2.45) is 5.10 Å². The van der Waals surface area contributed by atoms with Crippen molar-refractivity contribution < 1.29 is 17.6 Å². The summed E-state index contributed by atoms with van der Waals surface area (Å²) in [5, 5.41) is 9.35. The molecule has 0 radical (unpaired) electrons. The van der Waals surface area contributed by atoms with E-state index in [1.54, 1.807) is 23.9 Å². The average molecular weight is 463 g/mol. The lowest BCUT2D eigenvalue weighted by molar-refractivity contribution is 0.322. The van der Waals surface area contributed by atoms with Crippen molar-refractivity contribution in [1.29, 1.82) is 0 Å². The van der Waals surface area contributed by atoms with Gasteiger partial charge in [-0.1, -0.05) is 18.2 Å². The van der Waals surface area contributed by atoms with E-state index in [2.05, 4.69) is 5.10 Å². The number of nitrogens with zero attached hydrogens (tertiary/aromatic N) is 4. The van der Waals surface area contributed by atoms with Crippen molar-refractivity contribution in [1.82, 2.24) is 14.2 Å². The maximum absolute atomic E-state index is 12.5. The van der Waals surface area contributed by atoms with Crippen LogP contribution in [0.4, 0.5) is 0 Å². The van der Waals surface area contributed by atoms with Gasteiger partial charge in [-0.25, -0.2) is 13.1 Å². The zero-order valence-corrected chi connectivity index (χ0v) is 18.9. The summed E-state index contributed by atoms with van der Waals surface area (Å²) in [7, 11) is -1.99. The average Bonchev–Trinajstić information content (AvgIpc) is 3.58. The number of ether oxygens (including phenoxy) is 1. The summed E-state index contributed by atoms with van der Waals surface area (Å²) in [6, 6.07) is 20.3. The van der Waals surface area contributed by atoms with Gasteiger partial charge in [0.2, 0.25) is 10.0 Å². The first kappa shape index (κ1) is 21.0. The highest BCUT2D eigenvalue weighted by atomic mass is 32.2. The molecule has 0 saturated carbocycles. The summed E-state index contributed by atoms with van der Waals surface area (Å²) in [5.74, 6) is 1.28. The summed E-state index contributed by atoms with van der Waals surface area (Å²) in [5.41, 5.74) is 3.84. The van der Waals surface area contributed by atoms with Crippen LogP contribution in [-0.4, -0.2) is 41.7 Å². The Kier molecular flexibility index (Phi) is 5.26. The molecule has 5 rings (SSSR count). The quantitative estimate of drug-likeness (QED) is 0.427. The predicted molar refractivity (Wildman–Crippen MR) is 125 cm³/mol. The van der Waals surface area contributed by atoms with Crippen molar-refractivity contribution in [2.75, 3.05) is 13.4 Å². The van der Waals surface area contributed by atoms with Crippen LogP contribution in [0.2, 0.25) is 0 Å². The van der Waals surface area contributed by atoms with E-state index in [0.29, 0.717) is 23.6 Å². The molecule has 0 aliphatic carbocycles. The maximum Gasteiger partial charge on any atom is 0.247 e. The molecule has 3 heterocycles. The third kappa shape index (κ3) is 4.03. The smallest absolute Gasteiger partial charge is 0.247 e. The topological polar surface area (TPSA) is 89.9 Å². The van der Waals surface area contributed by atoms with Crippen LogP contribution in [-0.2, 0) is 10.0 Å². The molecule has 1 atom stereocenters. The third-order valence-electron chi connectivity index (χ3n) is 5.49. The number of aromatic nitrogens is 2. The molecule has 9 heteroatoms. The fraction of sp³-hybridized carbons (Fsp3) is 0.167. The molecule has 2 aromatic heterocycles. The molecule has 0 unspecified atom stereocenters. The second-order valence-electron chi connectivity index (χ2n) is 7.72. The van der Waals surface area contributed by atoms with Crippen molar-refractivity contribution in [2.45, 2.75) is 12.5 Å². The molecule has 0 spiro atoms. The third-order valence-corrected chi connectivity index (χ3v) is 6.51. The second kappa shape index (κ2) is 8.25. The highest BCUT2D eigenvalue weighted by Gasteiger charge is 2.37. The number of hydrogen-bond donors (Lipinski definition) is 0. The zero-order chi connectivity index (χ0) is 23.0. The van der Waals surface area contributed by atoms with E-state index in [1.165, 1.54) is 6.26 Å². The van der Waals surface area contributed by atoms with Gasteiger partial charge in [-0.3, -0.25) is 0 Å². The lowest BCUT2D eigenvalue weighted by Crippen LogP contribution is -2.25. The number of hydrazone groups is 1. The van der Waals surface area contributed by atoms with Crippen LogP contribution in [0.1, 0.15) is 23.8 Å². The molecular weight excluding hydrogens is 440 g/mol. The number of sulfonamides is 1. The lowest BCUT2D eigenvalue weighted by Gasteiger charge is -2.18. The summed E-state index contributed by atoms with van der Waals surface area (Å²) < 4.78 is 38.7. The number of benzene rings is 2. The first-order valence-electron chi connectivity index (χ1n) is 10.3. The van der Waals surface area contributed by atoms with Gasteiger partial charge in [0.15, 0.2) is 0 Å². The standard InChI is InChI=1S/C24H22N4O4S/c1-31-19-12-10-17(11-13-19)24-20(16-27(26-24)18-7-4-3-5-8-18)21-15-22(23-9-6-14-32-23)28(25-21)33(2,29)30/h3-14,16,22H,15H2,1-2H3/t22-/m0/s1. The Hall–Kier alpha value is -3.85. The van der Waals surface area contributed by atoms with Crippen molar-refractivity contribution in [3.63, 3.8) is 0 Å². The number of para-hydroxylation sites is 1. The molecule has 0 saturated heterocycles. The highest BCUT2D eigenvalue weighted by molar-refractivity contribution is 7.88. The Balaban J connectivity index is 1.64. The van der Waals surface area contributed by atoms with Gasteiger partial charge in [0.25, 0.3) is 0 Å². The molecule has 33 heavy (non-hydrogen) atoms. The van der Waals surface area contributed by atoms with Crippen molar-refractivity contribution >= 4 is 15.7 Å². The Labute approximate surface area is 191 Å². The lowest BCUT2D eigenvalue weighted by atomic mass is 10.0. The van der Waals surface area contributed by atoms with E-state index in [-0.39, 0.29) is 0 Å². The summed E-state index contributed by atoms with van der Waals surface area (Å²) in [6.07, 6.45) is 4.93. The van der Waals surface area contributed by atoms with Gasteiger partial charge in [0.05, 0.1) is 31.0 Å². The molecule has 1 aliphatic heterocycles. The fourth-order valence-electron chi connectivity index (χ4n) is 3.91. The second-order valence-corrected chi connectivity index (χ2v) is 9.56. The van der Waals surface area contributed by atoms with E-state index in [0.717, 1.165) is 33.2 Å². The summed E-state index contributed by atoms with van der Waals surface area (Å²) in [4.78, 5) is 0. The molecule has 2 aromatic carbocycles. The van der Waals surface area contributed by atoms with E-state index < -0.39 is 16.1 Å². The molecular formula is C24H22N4O4S. The Morgan fingerprint density at radius 3 is 2.42 bits per heavy atom. The first-order valence-corrected chi connectivity index (χ1v) is 12.2. The van der Waals surface area contributed by atoms with E-state index >= 15 is 0 Å². The minimum Gasteiger partial charge on any atom is -0.497 e. The van der Waals surface area contributed by atoms with E-state index in [4.69, 9.17) is 14.3 Å². The van der Waals surface area contributed by atoms with Crippen LogP contribution in [0.25, 0.3) is 16.9 Å². The van der Waals surface area contributed by atoms with Gasteiger partial charge < -0.3 is 9.15 Å². The van der Waals surface area contributed by atoms with Gasteiger partial charge in [-0.2, -0.15) is 14.6 Å². The van der Waals surface area contributed by atoms with Gasteiger partial charge in [-0.15, -0.1) is 0 Å². The molecule has 4 aromatic rings. The highest BCUT2D eigenvalue weighted by Crippen LogP contribution is 2.37. The van der Waals surface area contributed by atoms with Crippen LogP contribution in [0.5, 0.6) is 5.75 Å². The van der Waals surface area contributed by atoms with Crippen LogP contribution in [0, 0.1) is 0 Å². The van der Waals surface area contributed by atoms with Crippen molar-refractivity contribution in [3.8, 4) is 22.7 Å². The SMILES string of the molecule is COc1ccc(-c2nn(-c3ccccc3)cc2C2=NN(S(C)(=O)=O)[C@H](c3ccco3)C2)cc1. The number of hydrogen-bond acceptors (Lipinski definition) is 6. The molecule has 0 fully saturated rings. The summed E-state index contributed by atoms with van der Waals surface area (Å²) >= 11 is 0. The summed E-state index contributed by atoms with van der Waals surface area (Å²) in [6.45, 7) is 0. The van der Waals surface area contributed by atoms with Gasteiger partial charge in [0.1, 0.15) is 23.2 Å². The van der Waals surface area contributed by atoms with Crippen molar-refractivity contribution in [3.05, 3.63) is 90.5 Å². The molecule has 8 nitrogen and oxygen atoms in total. The van der Waals surface area contributed by atoms with E-state index in [1.807, 2.05) is 60.8 Å². The van der Waals surface area contributed by atoms with E-state index in [9.17, 15) is 8.42 Å². The minimum absolute atomic E-state index is 0.365. The number of rotatable bonds is 6. The predicted octanol–water partition coefficient (Wildman–Crippen LogP) is 4.25. The molecule has 0 N–H and O–H groups in total. The monoisotopic (exact) mass is 462 g/mol. The largest absolute Gasteiger partial charge is 0.497 e. The molecule has 0 bridgehead atoms.